The molecule has 3 aromatic rings. The monoisotopic (exact) mass is 380 g/mol. The average Bonchev–Trinajstić information content (AvgIpc) is 3.34. The van der Waals surface area contributed by atoms with Gasteiger partial charge in [-0.1, -0.05) is 35.7 Å². The zero-order chi connectivity index (χ0) is 16.5. The first-order valence-electron chi connectivity index (χ1n) is 6.98. The lowest BCUT2D eigenvalue weighted by Gasteiger charge is -1.90. The van der Waals surface area contributed by atoms with Gasteiger partial charge in [-0.25, -0.2) is 0 Å². The zero-order valence-electron chi connectivity index (χ0n) is 12.1. The summed E-state index contributed by atoms with van der Waals surface area (Å²) in [6, 6.07) is 20.5. The van der Waals surface area contributed by atoms with E-state index in [9.17, 15) is 0 Å². The predicted octanol–water partition coefficient (Wildman–Crippen LogP) is 4.26. The molecule has 0 saturated carbocycles. The normalized spacial score (nSPS) is 14.0. The number of rotatable bonds is 0. The molecule has 0 spiro atoms. The van der Waals surface area contributed by atoms with E-state index in [2.05, 4.69) is 36.4 Å². The number of thiophene rings is 2. The van der Waals surface area contributed by atoms with Crippen LogP contribution < -0.4 is 9.06 Å². The second-order valence-electron chi connectivity index (χ2n) is 4.86. The molecule has 24 heavy (non-hydrogen) atoms. The van der Waals surface area contributed by atoms with Crippen LogP contribution in [0.25, 0.3) is 9.81 Å². The summed E-state index contributed by atoms with van der Waals surface area (Å²) in [6.07, 6.45) is 0. The first-order chi connectivity index (χ1) is 11.8. The molecule has 2 nitrogen and oxygen atoms in total. The third-order valence-electron chi connectivity index (χ3n) is 3.38. The molecule has 0 amide bonds. The minimum Gasteiger partial charge on any atom is -0.192 e. The van der Waals surface area contributed by atoms with Crippen molar-refractivity contribution in [3.63, 3.8) is 0 Å². The molecule has 0 fully saturated rings. The lowest BCUT2D eigenvalue weighted by atomic mass is 10.3. The Balaban J connectivity index is 1.86. The van der Waals surface area contributed by atoms with Gasteiger partial charge in [0.05, 0.1) is 8.77 Å². The fraction of sp³-hybridized carbons (Fsp3) is 0. The highest BCUT2D eigenvalue weighted by Gasteiger charge is 2.17. The van der Waals surface area contributed by atoms with Crippen LogP contribution in [0.15, 0.2) is 58.3 Å². The molecule has 114 valence electrons. The van der Waals surface area contributed by atoms with Gasteiger partial charge < -0.3 is 0 Å². The summed E-state index contributed by atoms with van der Waals surface area (Å²) < 4.78 is 5.56. The van der Waals surface area contributed by atoms with Crippen LogP contribution in [0.3, 0.4) is 0 Å². The molecule has 0 aliphatic carbocycles. The molecular formula is C18H8N2S4. The number of nitriles is 2. The van der Waals surface area contributed by atoms with E-state index in [1.54, 1.807) is 11.3 Å². The average molecular weight is 381 g/mol. The quantitative estimate of drug-likeness (QED) is 0.585. The summed E-state index contributed by atoms with van der Waals surface area (Å²) in [6.45, 7) is 0. The van der Waals surface area contributed by atoms with Crippen molar-refractivity contribution in [1.82, 2.24) is 0 Å². The van der Waals surface area contributed by atoms with Crippen molar-refractivity contribution in [2.24, 2.45) is 0 Å². The molecule has 0 bridgehead atoms. The minimum absolute atomic E-state index is 0.176. The van der Waals surface area contributed by atoms with Crippen molar-refractivity contribution < 1.29 is 0 Å². The molecule has 0 saturated heterocycles. The van der Waals surface area contributed by atoms with Crippen LogP contribution in [0.2, 0.25) is 0 Å². The van der Waals surface area contributed by atoms with Gasteiger partial charge in [0.15, 0.2) is 0 Å². The molecular weight excluding hydrogens is 372 g/mol. The summed E-state index contributed by atoms with van der Waals surface area (Å²) in [7, 11) is 0. The van der Waals surface area contributed by atoms with E-state index in [0.717, 1.165) is 9.06 Å². The third-order valence-corrected chi connectivity index (χ3v) is 8.63. The van der Waals surface area contributed by atoms with Crippen LogP contribution in [-0.4, -0.2) is 0 Å². The Labute approximate surface area is 154 Å². The highest BCUT2D eigenvalue weighted by atomic mass is 32.2. The van der Waals surface area contributed by atoms with E-state index >= 15 is 0 Å². The van der Waals surface area contributed by atoms with Gasteiger partial charge in [-0.15, -0.1) is 22.7 Å². The molecule has 6 heteroatoms. The van der Waals surface area contributed by atoms with Gasteiger partial charge >= 0.3 is 0 Å². The molecule has 0 N–H and O–H groups in total. The van der Waals surface area contributed by atoms with Crippen molar-refractivity contribution in [3.8, 4) is 12.1 Å². The van der Waals surface area contributed by atoms with Crippen LogP contribution >= 0.6 is 46.2 Å². The van der Waals surface area contributed by atoms with Gasteiger partial charge in [0, 0.05) is 23.4 Å². The molecule has 0 atom stereocenters. The van der Waals surface area contributed by atoms with Gasteiger partial charge in [0.25, 0.3) is 0 Å². The Bertz CT molecular complexity index is 1190. The van der Waals surface area contributed by atoms with Gasteiger partial charge in [-0.05, 0) is 36.4 Å². The molecule has 2 aromatic heterocycles. The number of nitrogens with zero attached hydrogens (tertiary/aromatic N) is 2. The maximum absolute atomic E-state index is 8.98. The van der Waals surface area contributed by atoms with Crippen molar-refractivity contribution in [1.29, 1.82) is 10.5 Å². The molecule has 1 aromatic carbocycles. The molecule has 3 heterocycles. The summed E-state index contributed by atoms with van der Waals surface area (Å²) in [5, 5.41) is 18.0. The Morgan fingerprint density at radius 1 is 0.708 bits per heavy atom. The lowest BCUT2D eigenvalue weighted by molar-refractivity contribution is 1.27. The summed E-state index contributed by atoms with van der Waals surface area (Å²) in [5.41, 5.74) is 0.176. The van der Waals surface area contributed by atoms with Crippen molar-refractivity contribution in [2.75, 3.05) is 0 Å². The molecule has 0 unspecified atom stereocenters. The van der Waals surface area contributed by atoms with E-state index in [0.29, 0.717) is 0 Å². The summed E-state index contributed by atoms with van der Waals surface area (Å²) in [4.78, 5) is 2.63. The standard InChI is InChI=1S/C18H8N2S4/c19-9-11(10-20)12-5-6-15(21-12)16-7-8-17(22-16)18-23-13-3-1-2-4-14(13)24-18/h1-8H/b16-15+. The third kappa shape index (κ3) is 2.79. The lowest BCUT2D eigenvalue weighted by Crippen LogP contribution is -1.93. The number of benzene rings is 1. The number of thioether (sulfide) groups is 2. The van der Waals surface area contributed by atoms with Crippen molar-refractivity contribution in [3.05, 3.63) is 66.7 Å². The molecule has 4 rings (SSSR count). The minimum atomic E-state index is 0.176. The van der Waals surface area contributed by atoms with E-state index in [1.165, 1.54) is 34.4 Å². The predicted molar refractivity (Wildman–Crippen MR) is 102 cm³/mol. The van der Waals surface area contributed by atoms with Crippen molar-refractivity contribution >= 4 is 56.0 Å². The second kappa shape index (κ2) is 6.51. The number of hydrogen-bond acceptors (Lipinski definition) is 6. The highest BCUT2D eigenvalue weighted by molar-refractivity contribution is 8.32. The van der Waals surface area contributed by atoms with Crippen LogP contribution in [0.1, 0.15) is 0 Å². The number of hydrogen-bond donors (Lipinski definition) is 0. The Morgan fingerprint density at radius 3 is 1.96 bits per heavy atom. The summed E-state index contributed by atoms with van der Waals surface area (Å²) >= 11 is 6.88. The fourth-order valence-electron chi connectivity index (χ4n) is 2.26. The Hall–Kier alpha value is -1.96. The van der Waals surface area contributed by atoms with Crippen LogP contribution in [0, 0.1) is 31.7 Å². The first-order valence-corrected chi connectivity index (χ1v) is 10.2. The molecule has 0 radical (unpaired) electrons. The van der Waals surface area contributed by atoms with Gasteiger partial charge in [-0.2, -0.15) is 10.5 Å². The maximum Gasteiger partial charge on any atom is 0.146 e. The van der Waals surface area contributed by atoms with E-state index in [-0.39, 0.29) is 5.57 Å². The fourth-order valence-corrected chi connectivity index (χ4v) is 6.96. The van der Waals surface area contributed by atoms with Gasteiger partial charge in [0.2, 0.25) is 0 Å². The summed E-state index contributed by atoms with van der Waals surface area (Å²) in [5.74, 6) is 0. The van der Waals surface area contributed by atoms with Crippen LogP contribution in [-0.2, 0) is 0 Å². The Kier molecular flexibility index (Phi) is 4.22. The first kappa shape index (κ1) is 15.6. The Morgan fingerprint density at radius 2 is 1.29 bits per heavy atom. The van der Waals surface area contributed by atoms with Crippen molar-refractivity contribution in [2.45, 2.75) is 9.79 Å². The SMILES string of the molecule is N#CC(C#N)=c1cc/c(=c2/ccc(=C3Sc4ccccc4S3)s2)s1. The topological polar surface area (TPSA) is 47.6 Å². The van der Waals surface area contributed by atoms with Gasteiger partial charge in [-0.3, -0.25) is 0 Å². The van der Waals surface area contributed by atoms with Gasteiger partial charge in [0.1, 0.15) is 17.7 Å². The van der Waals surface area contributed by atoms with Crippen LogP contribution in [0.5, 0.6) is 0 Å². The highest BCUT2D eigenvalue weighted by Crippen LogP contribution is 2.51. The van der Waals surface area contributed by atoms with E-state index in [1.807, 2.05) is 47.8 Å². The van der Waals surface area contributed by atoms with E-state index in [4.69, 9.17) is 10.5 Å². The molecule has 1 aliphatic heterocycles. The second-order valence-corrected chi connectivity index (χ2v) is 9.40. The number of fused-ring (bicyclic) bond motifs is 1. The smallest absolute Gasteiger partial charge is 0.146 e. The van der Waals surface area contributed by atoms with Crippen LogP contribution in [0.4, 0.5) is 0 Å². The maximum atomic E-state index is 8.98. The zero-order valence-corrected chi connectivity index (χ0v) is 15.4. The molecule has 1 aliphatic rings. The van der Waals surface area contributed by atoms with E-state index < -0.39 is 0 Å². The largest absolute Gasteiger partial charge is 0.192 e.